The van der Waals surface area contributed by atoms with E-state index in [-0.39, 0.29) is 4.90 Å². The van der Waals surface area contributed by atoms with E-state index in [1.165, 1.54) is 12.1 Å². The van der Waals surface area contributed by atoms with E-state index in [1.54, 1.807) is 36.4 Å². The molecule has 6 heteroatoms. The zero-order chi connectivity index (χ0) is 13.2. The van der Waals surface area contributed by atoms with Crippen LogP contribution in [0.3, 0.4) is 0 Å². The molecule has 0 aliphatic rings. The quantitative estimate of drug-likeness (QED) is 0.852. The Bertz CT molecular complexity index is 654. The Hall–Kier alpha value is -1.53. The molecule has 0 amide bonds. The summed E-state index contributed by atoms with van der Waals surface area (Å²) >= 11 is 3.29. The summed E-state index contributed by atoms with van der Waals surface area (Å²) in [6.45, 7) is 0. The van der Waals surface area contributed by atoms with Crippen molar-refractivity contribution in [1.29, 1.82) is 0 Å². The first-order chi connectivity index (χ1) is 8.47. The normalized spacial score (nSPS) is 11.2. The van der Waals surface area contributed by atoms with Crippen LogP contribution in [0.5, 0.6) is 0 Å². The average Bonchev–Trinajstić information content (AvgIpc) is 2.32. The molecule has 2 aromatic carbocycles. The van der Waals surface area contributed by atoms with Crippen LogP contribution >= 0.6 is 15.9 Å². The fraction of sp³-hybridized carbons (Fsp3) is 0. The van der Waals surface area contributed by atoms with E-state index in [9.17, 15) is 8.42 Å². The van der Waals surface area contributed by atoms with Gasteiger partial charge >= 0.3 is 0 Å². The second-order valence-corrected chi connectivity index (χ2v) is 6.28. The molecule has 0 spiro atoms. The highest BCUT2D eigenvalue weighted by atomic mass is 79.9. The molecule has 4 nitrogen and oxygen atoms in total. The standard InChI is InChI=1S/C12H11BrN2O2S/c13-9-4-6-11(7-5-9)15-18(16,17)12-3-1-2-10(14)8-12/h1-8,15H,14H2. The molecule has 3 N–H and O–H groups in total. The first-order valence-corrected chi connectivity index (χ1v) is 7.39. The van der Waals surface area contributed by atoms with Crippen LogP contribution < -0.4 is 10.5 Å². The third kappa shape index (κ3) is 3.02. The number of nitrogens with one attached hydrogen (secondary N) is 1. The van der Waals surface area contributed by atoms with Crippen molar-refractivity contribution in [2.24, 2.45) is 0 Å². The van der Waals surface area contributed by atoms with E-state index in [0.29, 0.717) is 11.4 Å². The lowest BCUT2D eigenvalue weighted by Crippen LogP contribution is -2.13. The fourth-order valence-corrected chi connectivity index (χ4v) is 2.79. The Morgan fingerprint density at radius 3 is 2.33 bits per heavy atom. The molecule has 18 heavy (non-hydrogen) atoms. The summed E-state index contributed by atoms with van der Waals surface area (Å²) < 4.78 is 27.5. The maximum Gasteiger partial charge on any atom is 0.261 e. The molecule has 0 saturated heterocycles. The molecule has 0 heterocycles. The topological polar surface area (TPSA) is 72.2 Å². The van der Waals surface area contributed by atoms with Gasteiger partial charge in [-0.3, -0.25) is 4.72 Å². The van der Waals surface area contributed by atoms with Gasteiger partial charge in [0.1, 0.15) is 0 Å². The molecule has 94 valence electrons. The minimum atomic E-state index is -3.59. The fourth-order valence-electron chi connectivity index (χ4n) is 1.41. The van der Waals surface area contributed by atoms with E-state index in [0.717, 1.165) is 4.47 Å². The first kappa shape index (κ1) is 12.9. The summed E-state index contributed by atoms with van der Waals surface area (Å²) in [4.78, 5) is 0.144. The lowest BCUT2D eigenvalue weighted by atomic mass is 10.3. The van der Waals surface area contributed by atoms with Crippen LogP contribution in [0.25, 0.3) is 0 Å². The number of sulfonamides is 1. The van der Waals surface area contributed by atoms with Crippen molar-refractivity contribution >= 4 is 37.3 Å². The third-order valence-corrected chi connectivity index (χ3v) is 4.17. The van der Waals surface area contributed by atoms with Crippen molar-refractivity contribution in [3.63, 3.8) is 0 Å². The number of rotatable bonds is 3. The second kappa shape index (κ2) is 4.99. The maximum absolute atomic E-state index is 12.1. The van der Waals surface area contributed by atoms with Crippen LogP contribution in [0.2, 0.25) is 0 Å². The van der Waals surface area contributed by atoms with Crippen molar-refractivity contribution in [3.8, 4) is 0 Å². The summed E-state index contributed by atoms with van der Waals surface area (Å²) in [6, 6.07) is 13.0. The molecule has 0 fully saturated rings. The van der Waals surface area contributed by atoms with E-state index >= 15 is 0 Å². The summed E-state index contributed by atoms with van der Waals surface area (Å²) in [5.74, 6) is 0. The average molecular weight is 327 g/mol. The lowest BCUT2D eigenvalue weighted by Gasteiger charge is -2.08. The van der Waals surface area contributed by atoms with E-state index < -0.39 is 10.0 Å². The number of nitrogens with two attached hydrogens (primary N) is 1. The lowest BCUT2D eigenvalue weighted by molar-refractivity contribution is 0.601. The first-order valence-electron chi connectivity index (χ1n) is 5.11. The van der Waals surface area contributed by atoms with Gasteiger partial charge in [0.25, 0.3) is 10.0 Å². The number of hydrogen-bond donors (Lipinski definition) is 2. The Morgan fingerprint density at radius 1 is 1.06 bits per heavy atom. The van der Waals surface area contributed by atoms with Gasteiger partial charge < -0.3 is 5.73 Å². The SMILES string of the molecule is Nc1cccc(S(=O)(=O)Nc2ccc(Br)cc2)c1. The van der Waals surface area contributed by atoms with Gasteiger partial charge in [0.2, 0.25) is 0 Å². The predicted molar refractivity (Wildman–Crippen MR) is 75.8 cm³/mol. The minimum Gasteiger partial charge on any atom is -0.399 e. The Balaban J connectivity index is 2.30. The molecular weight excluding hydrogens is 316 g/mol. The number of anilines is 2. The van der Waals surface area contributed by atoms with E-state index in [2.05, 4.69) is 20.7 Å². The van der Waals surface area contributed by atoms with Crippen LogP contribution in [0, 0.1) is 0 Å². The Morgan fingerprint density at radius 2 is 1.72 bits per heavy atom. The molecule has 0 atom stereocenters. The van der Waals surface area contributed by atoms with Gasteiger partial charge in [-0.15, -0.1) is 0 Å². The zero-order valence-electron chi connectivity index (χ0n) is 9.30. The van der Waals surface area contributed by atoms with Gasteiger partial charge in [-0.1, -0.05) is 22.0 Å². The molecule has 0 aliphatic carbocycles. The Labute approximate surface area is 114 Å². The molecule has 0 saturated carbocycles. The molecule has 2 rings (SSSR count). The van der Waals surface area contributed by atoms with Gasteiger partial charge in [-0.2, -0.15) is 0 Å². The third-order valence-electron chi connectivity index (χ3n) is 2.26. The number of halogens is 1. The van der Waals surface area contributed by atoms with Gasteiger partial charge in [0.15, 0.2) is 0 Å². The maximum atomic E-state index is 12.1. The molecule has 0 unspecified atom stereocenters. The van der Waals surface area contributed by atoms with Gasteiger partial charge in [-0.25, -0.2) is 8.42 Å². The smallest absolute Gasteiger partial charge is 0.261 e. The highest BCUT2D eigenvalue weighted by Gasteiger charge is 2.13. The van der Waals surface area contributed by atoms with Crippen LogP contribution in [-0.2, 0) is 10.0 Å². The van der Waals surface area contributed by atoms with Gasteiger partial charge in [-0.05, 0) is 42.5 Å². The molecule has 0 radical (unpaired) electrons. The van der Waals surface area contributed by atoms with Crippen LogP contribution in [-0.4, -0.2) is 8.42 Å². The van der Waals surface area contributed by atoms with Crippen molar-refractivity contribution in [1.82, 2.24) is 0 Å². The molecule has 0 bridgehead atoms. The van der Waals surface area contributed by atoms with Crippen LogP contribution in [0.1, 0.15) is 0 Å². The van der Waals surface area contributed by atoms with Gasteiger partial charge in [0.05, 0.1) is 4.90 Å². The van der Waals surface area contributed by atoms with Crippen molar-refractivity contribution in [2.45, 2.75) is 4.90 Å². The summed E-state index contributed by atoms with van der Waals surface area (Å²) in [5, 5.41) is 0. The number of nitrogen functional groups attached to an aromatic ring is 1. The molecule has 0 aliphatic heterocycles. The Kier molecular flexibility index (Phi) is 3.58. The van der Waals surface area contributed by atoms with Gasteiger partial charge in [0, 0.05) is 15.8 Å². The molecule has 2 aromatic rings. The van der Waals surface area contributed by atoms with Crippen LogP contribution in [0.4, 0.5) is 11.4 Å². The minimum absolute atomic E-state index is 0.144. The van der Waals surface area contributed by atoms with Crippen LogP contribution in [0.15, 0.2) is 57.9 Å². The highest BCUT2D eigenvalue weighted by molar-refractivity contribution is 9.10. The summed E-state index contributed by atoms with van der Waals surface area (Å²) in [5.41, 5.74) is 6.48. The molecule has 0 aromatic heterocycles. The van der Waals surface area contributed by atoms with Crippen molar-refractivity contribution in [2.75, 3.05) is 10.5 Å². The van der Waals surface area contributed by atoms with Crippen molar-refractivity contribution < 1.29 is 8.42 Å². The molecular formula is C12H11BrN2O2S. The number of benzene rings is 2. The largest absolute Gasteiger partial charge is 0.399 e. The summed E-state index contributed by atoms with van der Waals surface area (Å²) in [7, 11) is -3.59. The summed E-state index contributed by atoms with van der Waals surface area (Å²) in [6.07, 6.45) is 0. The van der Waals surface area contributed by atoms with E-state index in [1.807, 2.05) is 0 Å². The monoisotopic (exact) mass is 326 g/mol. The van der Waals surface area contributed by atoms with E-state index in [4.69, 9.17) is 5.73 Å². The number of hydrogen-bond acceptors (Lipinski definition) is 3. The van der Waals surface area contributed by atoms with Crippen molar-refractivity contribution in [3.05, 3.63) is 53.0 Å². The highest BCUT2D eigenvalue weighted by Crippen LogP contribution is 2.19. The second-order valence-electron chi connectivity index (χ2n) is 3.68. The zero-order valence-corrected chi connectivity index (χ0v) is 11.7. The predicted octanol–water partition coefficient (Wildman–Crippen LogP) is 2.83.